The summed E-state index contributed by atoms with van der Waals surface area (Å²) in [5.74, 6) is 1.55. The molecule has 0 saturated carbocycles. The molecule has 2 aromatic carbocycles. The number of hydrogen-bond acceptors (Lipinski definition) is 3. The molecule has 1 heterocycles. The van der Waals surface area contributed by atoms with Gasteiger partial charge in [0.1, 0.15) is 11.5 Å². The summed E-state index contributed by atoms with van der Waals surface area (Å²) in [6.07, 6.45) is 4.79. The van der Waals surface area contributed by atoms with E-state index in [4.69, 9.17) is 32.7 Å². The van der Waals surface area contributed by atoms with Gasteiger partial charge < -0.3 is 9.47 Å². The van der Waals surface area contributed by atoms with Crippen LogP contribution in [0.25, 0.3) is 17.3 Å². The minimum absolute atomic E-state index is 0.510. The molecule has 0 aliphatic carbocycles. The lowest BCUT2D eigenvalue weighted by molar-refractivity contribution is 0.393. The normalized spacial score (nSPS) is 11.1. The number of nitrogens with zero attached hydrogens (tertiary/aromatic N) is 1. The van der Waals surface area contributed by atoms with E-state index in [-0.39, 0.29) is 0 Å². The fourth-order valence-electron chi connectivity index (χ4n) is 2.53. The van der Waals surface area contributed by atoms with Crippen LogP contribution in [0.1, 0.15) is 11.3 Å². The van der Waals surface area contributed by atoms with Gasteiger partial charge in [0.15, 0.2) is 0 Å². The highest BCUT2D eigenvalue weighted by molar-refractivity contribution is 6.42. The summed E-state index contributed by atoms with van der Waals surface area (Å²) in [4.78, 5) is 0. The van der Waals surface area contributed by atoms with E-state index in [1.807, 2.05) is 36.4 Å². The second-order valence-electron chi connectivity index (χ2n) is 5.66. The molecule has 0 fully saturated rings. The molecule has 6 heteroatoms. The van der Waals surface area contributed by atoms with Crippen LogP contribution in [-0.4, -0.2) is 24.4 Å². The molecule has 0 bridgehead atoms. The summed E-state index contributed by atoms with van der Waals surface area (Å²) < 4.78 is 10.6. The number of methoxy groups -OCH3 is 2. The van der Waals surface area contributed by atoms with Crippen LogP contribution >= 0.6 is 23.2 Å². The monoisotopic (exact) mass is 388 g/mol. The van der Waals surface area contributed by atoms with E-state index in [9.17, 15) is 0 Å². The standard InChI is InChI=1S/C20H18Cl2N2O2/c1-25-16-8-13(9-17(12-16)26-2)4-3-5-15-11-20(24-23-15)14-6-7-18(21)19(22)10-14/h3,5-12H,4H2,1-2H3,(H,23,24)/b5-3+. The van der Waals surface area contributed by atoms with Gasteiger partial charge in [0, 0.05) is 11.6 Å². The second kappa shape index (κ2) is 8.30. The molecule has 3 rings (SSSR count). The number of nitrogens with one attached hydrogen (secondary N) is 1. The average molecular weight is 389 g/mol. The smallest absolute Gasteiger partial charge is 0.122 e. The lowest BCUT2D eigenvalue weighted by Crippen LogP contribution is -1.90. The molecule has 0 spiro atoms. The lowest BCUT2D eigenvalue weighted by atomic mass is 10.1. The van der Waals surface area contributed by atoms with Crippen LogP contribution in [0, 0.1) is 0 Å². The minimum Gasteiger partial charge on any atom is -0.497 e. The number of H-pyrrole nitrogens is 1. The van der Waals surface area contributed by atoms with Crippen LogP contribution in [0.5, 0.6) is 11.5 Å². The molecule has 1 N–H and O–H groups in total. The summed E-state index contributed by atoms with van der Waals surface area (Å²) in [5.41, 5.74) is 3.72. The Hall–Kier alpha value is -2.43. The topological polar surface area (TPSA) is 47.1 Å². The number of hydrogen-bond donors (Lipinski definition) is 1. The van der Waals surface area contributed by atoms with E-state index >= 15 is 0 Å². The zero-order valence-electron chi connectivity index (χ0n) is 14.4. The van der Waals surface area contributed by atoms with Crippen molar-refractivity contribution in [1.29, 1.82) is 0 Å². The molecule has 0 saturated heterocycles. The molecule has 1 aromatic heterocycles. The SMILES string of the molecule is COc1cc(C/C=C/c2cc(-c3ccc(Cl)c(Cl)c3)n[nH]2)cc(OC)c1. The summed E-state index contributed by atoms with van der Waals surface area (Å²) in [6.45, 7) is 0. The predicted octanol–water partition coefficient (Wildman–Crippen LogP) is 5.66. The van der Waals surface area contributed by atoms with Crippen LogP contribution in [0.3, 0.4) is 0 Å². The highest BCUT2D eigenvalue weighted by Crippen LogP contribution is 2.28. The zero-order chi connectivity index (χ0) is 18.5. The minimum atomic E-state index is 0.510. The van der Waals surface area contributed by atoms with Gasteiger partial charge in [-0.1, -0.05) is 35.3 Å². The van der Waals surface area contributed by atoms with Crippen molar-refractivity contribution in [3.63, 3.8) is 0 Å². The predicted molar refractivity (Wildman–Crippen MR) is 106 cm³/mol. The first-order valence-corrected chi connectivity index (χ1v) is 8.74. The van der Waals surface area contributed by atoms with E-state index < -0.39 is 0 Å². The molecule has 0 amide bonds. The molecule has 0 atom stereocenters. The van der Waals surface area contributed by atoms with E-state index in [2.05, 4.69) is 16.3 Å². The molecular formula is C20H18Cl2N2O2. The van der Waals surface area contributed by atoms with Crippen molar-refractivity contribution in [2.75, 3.05) is 14.2 Å². The Balaban J connectivity index is 1.72. The largest absolute Gasteiger partial charge is 0.497 e. The molecule has 134 valence electrons. The number of allylic oxidation sites excluding steroid dienone is 1. The van der Waals surface area contributed by atoms with Gasteiger partial charge in [0.25, 0.3) is 0 Å². The van der Waals surface area contributed by atoms with Crippen molar-refractivity contribution in [1.82, 2.24) is 10.2 Å². The van der Waals surface area contributed by atoms with Gasteiger partial charge >= 0.3 is 0 Å². The number of halogens is 2. The molecule has 0 unspecified atom stereocenters. The molecule has 26 heavy (non-hydrogen) atoms. The van der Waals surface area contributed by atoms with Gasteiger partial charge in [-0.05, 0) is 48.4 Å². The van der Waals surface area contributed by atoms with Crippen LogP contribution in [0.2, 0.25) is 10.0 Å². The molecular weight excluding hydrogens is 371 g/mol. The first kappa shape index (κ1) is 18.4. The van der Waals surface area contributed by atoms with Gasteiger partial charge in [-0.2, -0.15) is 5.10 Å². The number of rotatable bonds is 6. The fourth-order valence-corrected chi connectivity index (χ4v) is 2.83. The number of benzene rings is 2. The Morgan fingerprint density at radius 1 is 0.962 bits per heavy atom. The Morgan fingerprint density at radius 3 is 2.35 bits per heavy atom. The fraction of sp³-hybridized carbons (Fsp3) is 0.150. The molecule has 0 aliphatic heterocycles. The lowest BCUT2D eigenvalue weighted by Gasteiger charge is -2.06. The van der Waals surface area contributed by atoms with Crippen molar-refractivity contribution in [3.8, 4) is 22.8 Å². The first-order valence-electron chi connectivity index (χ1n) is 7.98. The van der Waals surface area contributed by atoms with Crippen molar-refractivity contribution < 1.29 is 9.47 Å². The number of aromatic nitrogens is 2. The van der Waals surface area contributed by atoms with Crippen LogP contribution < -0.4 is 9.47 Å². The summed E-state index contributed by atoms with van der Waals surface area (Å²) in [6, 6.07) is 13.2. The number of aromatic amines is 1. The second-order valence-corrected chi connectivity index (χ2v) is 6.48. The van der Waals surface area contributed by atoms with Crippen molar-refractivity contribution in [2.45, 2.75) is 6.42 Å². The maximum Gasteiger partial charge on any atom is 0.122 e. The van der Waals surface area contributed by atoms with Crippen molar-refractivity contribution in [2.24, 2.45) is 0 Å². The Kier molecular flexibility index (Phi) is 5.86. The summed E-state index contributed by atoms with van der Waals surface area (Å²) in [7, 11) is 3.28. The van der Waals surface area contributed by atoms with Gasteiger partial charge in [-0.25, -0.2) is 0 Å². The third-order valence-electron chi connectivity index (χ3n) is 3.88. The average Bonchev–Trinajstić information content (AvgIpc) is 3.12. The molecule has 0 radical (unpaired) electrons. The van der Waals surface area contributed by atoms with Crippen LogP contribution in [0.15, 0.2) is 48.5 Å². The Labute approximate surface area is 162 Å². The third kappa shape index (κ3) is 4.40. The van der Waals surface area contributed by atoms with Gasteiger partial charge in [-0.15, -0.1) is 0 Å². The van der Waals surface area contributed by atoms with E-state index in [0.29, 0.717) is 10.0 Å². The first-order chi connectivity index (χ1) is 12.6. The third-order valence-corrected chi connectivity index (χ3v) is 4.61. The van der Waals surface area contributed by atoms with Crippen LogP contribution in [0.4, 0.5) is 0 Å². The maximum atomic E-state index is 6.07. The van der Waals surface area contributed by atoms with Gasteiger partial charge in [-0.3, -0.25) is 5.10 Å². The molecule has 3 aromatic rings. The Morgan fingerprint density at radius 2 is 1.69 bits per heavy atom. The summed E-state index contributed by atoms with van der Waals surface area (Å²) in [5, 5.41) is 8.37. The van der Waals surface area contributed by atoms with Crippen LogP contribution in [-0.2, 0) is 6.42 Å². The van der Waals surface area contributed by atoms with E-state index in [0.717, 1.165) is 40.4 Å². The van der Waals surface area contributed by atoms with E-state index in [1.165, 1.54) is 0 Å². The quantitative estimate of drug-likeness (QED) is 0.592. The zero-order valence-corrected chi connectivity index (χ0v) is 15.9. The number of ether oxygens (including phenoxy) is 2. The highest BCUT2D eigenvalue weighted by Gasteiger charge is 2.05. The molecule has 0 aliphatic rings. The highest BCUT2D eigenvalue weighted by atomic mass is 35.5. The van der Waals surface area contributed by atoms with Gasteiger partial charge in [0.2, 0.25) is 0 Å². The van der Waals surface area contributed by atoms with E-state index in [1.54, 1.807) is 26.4 Å². The van der Waals surface area contributed by atoms with Crippen molar-refractivity contribution in [3.05, 3.63) is 69.8 Å². The van der Waals surface area contributed by atoms with Gasteiger partial charge in [0.05, 0.1) is 35.7 Å². The van der Waals surface area contributed by atoms with Crippen molar-refractivity contribution >= 4 is 29.3 Å². The Bertz CT molecular complexity index is 913. The molecule has 4 nitrogen and oxygen atoms in total. The summed E-state index contributed by atoms with van der Waals surface area (Å²) >= 11 is 12.0. The maximum absolute atomic E-state index is 6.07.